The first kappa shape index (κ1) is 14.9. The highest BCUT2D eigenvalue weighted by Gasteiger charge is 2.27. The van der Waals surface area contributed by atoms with Crippen LogP contribution in [0.25, 0.3) is 0 Å². The van der Waals surface area contributed by atoms with Crippen molar-refractivity contribution < 1.29 is 26.3 Å². The molecule has 0 aliphatic heterocycles. The second-order valence-electron chi connectivity index (χ2n) is 3.84. The van der Waals surface area contributed by atoms with Gasteiger partial charge < -0.3 is 4.18 Å². The van der Waals surface area contributed by atoms with Crippen molar-refractivity contribution in [2.75, 3.05) is 0 Å². The van der Waals surface area contributed by atoms with Crippen LogP contribution in [0.2, 0.25) is 0 Å². The van der Waals surface area contributed by atoms with Gasteiger partial charge in [0.05, 0.1) is 4.92 Å². The number of nitro groups is 1. The predicted octanol–water partition coefficient (Wildman–Crippen LogP) is 2.64. The molecule has 6 nitrogen and oxygen atoms in total. The van der Waals surface area contributed by atoms with Gasteiger partial charge in [-0.25, -0.2) is 8.78 Å². The third-order valence-electron chi connectivity index (χ3n) is 2.43. The monoisotopic (exact) mass is 315 g/mol. The number of halogens is 2. The summed E-state index contributed by atoms with van der Waals surface area (Å²) in [5.74, 6) is -2.97. The van der Waals surface area contributed by atoms with Gasteiger partial charge in [0.2, 0.25) is 0 Å². The van der Waals surface area contributed by atoms with Crippen LogP contribution in [0.15, 0.2) is 47.4 Å². The van der Waals surface area contributed by atoms with E-state index in [-0.39, 0.29) is 0 Å². The van der Waals surface area contributed by atoms with Gasteiger partial charge in [-0.05, 0) is 18.2 Å². The Morgan fingerprint density at radius 1 is 1.05 bits per heavy atom. The Kier molecular flexibility index (Phi) is 3.85. The van der Waals surface area contributed by atoms with Crippen LogP contribution in [0, 0.1) is 21.7 Å². The van der Waals surface area contributed by atoms with Gasteiger partial charge in [-0.15, -0.1) is 0 Å². The molecule has 0 unspecified atom stereocenters. The molecule has 0 bridgehead atoms. The molecule has 9 heteroatoms. The lowest BCUT2D eigenvalue weighted by molar-refractivity contribution is -0.387. The van der Waals surface area contributed by atoms with Gasteiger partial charge >= 0.3 is 10.1 Å². The van der Waals surface area contributed by atoms with Crippen molar-refractivity contribution in [1.82, 2.24) is 0 Å². The Morgan fingerprint density at radius 2 is 1.71 bits per heavy atom. The highest BCUT2D eigenvalue weighted by Crippen LogP contribution is 2.27. The molecule has 0 heterocycles. The summed E-state index contributed by atoms with van der Waals surface area (Å²) in [6, 6.07) is 6.63. The van der Waals surface area contributed by atoms with Gasteiger partial charge in [0.15, 0.2) is 16.5 Å². The fourth-order valence-corrected chi connectivity index (χ4v) is 2.61. The average Bonchev–Trinajstić information content (AvgIpc) is 2.42. The summed E-state index contributed by atoms with van der Waals surface area (Å²) in [6.07, 6.45) is 0. The lowest BCUT2D eigenvalue weighted by atomic mass is 10.3. The zero-order valence-electron chi connectivity index (χ0n) is 10.2. The zero-order chi connectivity index (χ0) is 15.6. The molecular formula is C12H7F2NO5S. The van der Waals surface area contributed by atoms with Crippen LogP contribution in [-0.4, -0.2) is 13.3 Å². The summed E-state index contributed by atoms with van der Waals surface area (Å²) >= 11 is 0. The maximum Gasteiger partial charge on any atom is 0.346 e. The number of benzene rings is 2. The molecule has 2 aromatic carbocycles. The molecule has 0 radical (unpaired) electrons. The number of nitro benzene ring substituents is 1. The Labute approximate surface area is 117 Å². The van der Waals surface area contributed by atoms with Crippen LogP contribution in [0.4, 0.5) is 14.5 Å². The van der Waals surface area contributed by atoms with E-state index in [0.717, 1.165) is 18.2 Å². The molecule has 2 rings (SSSR count). The number of hydrogen-bond acceptors (Lipinski definition) is 5. The van der Waals surface area contributed by atoms with Crippen molar-refractivity contribution in [3.05, 3.63) is 64.2 Å². The largest absolute Gasteiger partial charge is 0.379 e. The van der Waals surface area contributed by atoms with Crippen LogP contribution in [0.1, 0.15) is 0 Å². The highest BCUT2D eigenvalue weighted by molar-refractivity contribution is 7.87. The molecule has 0 spiro atoms. The van der Waals surface area contributed by atoms with Gasteiger partial charge in [-0.2, -0.15) is 8.42 Å². The molecule has 0 amide bonds. The van der Waals surface area contributed by atoms with Gasteiger partial charge in [-0.3, -0.25) is 10.1 Å². The number of para-hydroxylation sites is 1. The van der Waals surface area contributed by atoms with Crippen molar-refractivity contribution in [1.29, 1.82) is 0 Å². The molecule has 0 atom stereocenters. The lowest BCUT2D eigenvalue weighted by Crippen LogP contribution is -2.12. The fourth-order valence-electron chi connectivity index (χ4n) is 1.52. The summed E-state index contributed by atoms with van der Waals surface area (Å²) in [5, 5.41) is 10.8. The van der Waals surface area contributed by atoms with Crippen molar-refractivity contribution >= 4 is 15.8 Å². The number of nitrogens with zero attached hydrogens (tertiary/aromatic N) is 1. The first-order chi connectivity index (χ1) is 9.81. The molecule has 110 valence electrons. The topological polar surface area (TPSA) is 86.5 Å². The molecule has 0 saturated carbocycles. The fraction of sp³-hybridized carbons (Fsp3) is 0. The Bertz CT molecular complexity index is 807. The van der Waals surface area contributed by atoms with Crippen LogP contribution in [-0.2, 0) is 10.1 Å². The van der Waals surface area contributed by atoms with E-state index in [4.69, 9.17) is 0 Å². The molecule has 0 aromatic heterocycles. The van der Waals surface area contributed by atoms with E-state index in [1.54, 1.807) is 0 Å². The molecule has 0 fully saturated rings. The highest BCUT2D eigenvalue weighted by atomic mass is 32.2. The summed E-state index contributed by atoms with van der Waals surface area (Å²) < 4.78 is 54.3. The maximum absolute atomic E-state index is 13.0. The standard InChI is InChI=1S/C12H7F2NO5S/c13-9-6-5-8(7-10(9)14)20-21(18,19)12-4-2-1-3-11(12)15(16)17/h1-7H. The van der Waals surface area contributed by atoms with Crippen LogP contribution < -0.4 is 4.18 Å². The lowest BCUT2D eigenvalue weighted by Gasteiger charge is -2.07. The summed E-state index contributed by atoms with van der Waals surface area (Å²) in [5.41, 5.74) is -0.680. The van der Waals surface area contributed by atoms with Gasteiger partial charge in [-0.1, -0.05) is 12.1 Å². The number of rotatable bonds is 4. The molecule has 2 aromatic rings. The number of hydrogen-bond donors (Lipinski definition) is 0. The molecule has 0 saturated heterocycles. The minimum absolute atomic E-state index is 0.493. The molecule has 0 aliphatic carbocycles. The van der Waals surface area contributed by atoms with E-state index in [0.29, 0.717) is 12.1 Å². The first-order valence-corrected chi connectivity index (χ1v) is 6.85. The normalized spacial score (nSPS) is 11.1. The predicted molar refractivity (Wildman–Crippen MR) is 67.3 cm³/mol. The van der Waals surface area contributed by atoms with Crippen molar-refractivity contribution in [2.24, 2.45) is 0 Å². The summed E-state index contributed by atoms with van der Waals surface area (Å²) in [7, 11) is -4.55. The van der Waals surface area contributed by atoms with Gasteiger partial charge in [0.1, 0.15) is 5.75 Å². The van der Waals surface area contributed by atoms with Crippen molar-refractivity contribution in [2.45, 2.75) is 4.90 Å². The van der Waals surface area contributed by atoms with E-state index in [1.807, 2.05) is 0 Å². The minimum Gasteiger partial charge on any atom is -0.379 e. The third-order valence-corrected chi connectivity index (χ3v) is 3.72. The zero-order valence-corrected chi connectivity index (χ0v) is 11.0. The SMILES string of the molecule is O=[N+]([O-])c1ccccc1S(=O)(=O)Oc1ccc(F)c(F)c1. The minimum atomic E-state index is -4.55. The van der Waals surface area contributed by atoms with E-state index >= 15 is 0 Å². The van der Waals surface area contributed by atoms with Crippen LogP contribution in [0.5, 0.6) is 5.75 Å². The second kappa shape index (κ2) is 5.44. The molecule has 0 N–H and O–H groups in total. The van der Waals surface area contributed by atoms with Gasteiger partial charge in [0, 0.05) is 12.1 Å². The first-order valence-electron chi connectivity index (χ1n) is 5.44. The Hall–Kier alpha value is -2.55. The summed E-state index contributed by atoms with van der Waals surface area (Å²) in [4.78, 5) is 9.23. The van der Waals surface area contributed by atoms with E-state index in [1.165, 1.54) is 12.1 Å². The van der Waals surface area contributed by atoms with Gasteiger partial charge in [0.25, 0.3) is 5.69 Å². The molecule has 21 heavy (non-hydrogen) atoms. The van der Waals surface area contributed by atoms with Crippen molar-refractivity contribution in [3.63, 3.8) is 0 Å². The van der Waals surface area contributed by atoms with E-state index < -0.39 is 43.0 Å². The molecular weight excluding hydrogens is 308 g/mol. The maximum atomic E-state index is 13.0. The van der Waals surface area contributed by atoms with E-state index in [2.05, 4.69) is 4.18 Å². The third kappa shape index (κ3) is 3.14. The quantitative estimate of drug-likeness (QED) is 0.492. The van der Waals surface area contributed by atoms with Crippen LogP contribution in [0.3, 0.4) is 0 Å². The van der Waals surface area contributed by atoms with Crippen molar-refractivity contribution in [3.8, 4) is 5.75 Å². The van der Waals surface area contributed by atoms with Crippen LogP contribution >= 0.6 is 0 Å². The second-order valence-corrected chi connectivity index (χ2v) is 5.35. The smallest absolute Gasteiger partial charge is 0.346 e. The summed E-state index contributed by atoms with van der Waals surface area (Å²) in [6.45, 7) is 0. The average molecular weight is 315 g/mol. The Morgan fingerprint density at radius 3 is 2.33 bits per heavy atom. The van der Waals surface area contributed by atoms with E-state index in [9.17, 15) is 27.3 Å². The Balaban J connectivity index is 2.43. The molecule has 0 aliphatic rings.